The molecule has 25 heavy (non-hydrogen) atoms. The molecule has 0 saturated heterocycles. The molecule has 0 unspecified atom stereocenters. The lowest BCUT2D eigenvalue weighted by Gasteiger charge is -2.29. The molecule has 1 aromatic carbocycles. The van der Waals surface area contributed by atoms with Gasteiger partial charge in [0.05, 0.1) is 25.3 Å². The largest absolute Gasteiger partial charge is 0.394 e. The minimum absolute atomic E-state index is 0.117. The SMILES string of the molecule is CC(C)(C)[C@@H](O)C[C@@H](CO)NC(=O)CNC(=O)c1ccc(F)c(F)c1. The Labute approximate surface area is 145 Å². The van der Waals surface area contributed by atoms with E-state index >= 15 is 0 Å². The van der Waals surface area contributed by atoms with Crippen LogP contribution in [0.4, 0.5) is 8.78 Å². The Morgan fingerprint density at radius 1 is 1.20 bits per heavy atom. The molecular weight excluding hydrogens is 334 g/mol. The van der Waals surface area contributed by atoms with Gasteiger partial charge in [-0.15, -0.1) is 0 Å². The van der Waals surface area contributed by atoms with E-state index in [1.54, 1.807) is 0 Å². The molecule has 0 heterocycles. The molecule has 0 aliphatic rings. The van der Waals surface area contributed by atoms with E-state index in [-0.39, 0.29) is 18.6 Å². The van der Waals surface area contributed by atoms with Crippen LogP contribution in [0.2, 0.25) is 0 Å². The van der Waals surface area contributed by atoms with Crippen molar-refractivity contribution in [2.45, 2.75) is 39.3 Å². The van der Waals surface area contributed by atoms with Crippen molar-refractivity contribution in [3.63, 3.8) is 0 Å². The highest BCUT2D eigenvalue weighted by Crippen LogP contribution is 2.22. The highest BCUT2D eigenvalue weighted by Gasteiger charge is 2.26. The summed E-state index contributed by atoms with van der Waals surface area (Å²) < 4.78 is 25.9. The average molecular weight is 358 g/mol. The molecule has 0 fully saturated rings. The Balaban J connectivity index is 2.52. The highest BCUT2D eigenvalue weighted by atomic mass is 19.2. The van der Waals surface area contributed by atoms with Gasteiger partial charge in [0, 0.05) is 5.56 Å². The van der Waals surface area contributed by atoms with Crippen LogP contribution in [0.15, 0.2) is 18.2 Å². The van der Waals surface area contributed by atoms with Gasteiger partial charge < -0.3 is 20.8 Å². The monoisotopic (exact) mass is 358 g/mol. The number of hydrogen-bond acceptors (Lipinski definition) is 4. The third-order valence-corrected chi connectivity index (χ3v) is 3.68. The molecule has 0 spiro atoms. The van der Waals surface area contributed by atoms with Gasteiger partial charge in [0.25, 0.3) is 5.91 Å². The summed E-state index contributed by atoms with van der Waals surface area (Å²) in [5.41, 5.74) is -0.521. The third kappa shape index (κ3) is 6.75. The molecule has 0 aromatic heterocycles. The number of aliphatic hydroxyl groups is 2. The molecule has 1 rings (SSSR count). The molecule has 1 aromatic rings. The van der Waals surface area contributed by atoms with E-state index < -0.39 is 47.6 Å². The first-order chi connectivity index (χ1) is 11.5. The fraction of sp³-hybridized carbons (Fsp3) is 0.529. The second kappa shape index (κ2) is 8.87. The van der Waals surface area contributed by atoms with Gasteiger partial charge in [-0.05, 0) is 30.0 Å². The molecule has 0 saturated carbocycles. The van der Waals surface area contributed by atoms with Crippen LogP contribution in [0.3, 0.4) is 0 Å². The number of carbonyl (C=O) groups excluding carboxylic acids is 2. The zero-order valence-electron chi connectivity index (χ0n) is 14.5. The third-order valence-electron chi connectivity index (χ3n) is 3.68. The zero-order chi connectivity index (χ0) is 19.2. The first-order valence-corrected chi connectivity index (χ1v) is 7.86. The van der Waals surface area contributed by atoms with Gasteiger partial charge >= 0.3 is 0 Å². The molecule has 0 bridgehead atoms. The number of aliphatic hydroxyl groups excluding tert-OH is 2. The molecule has 6 nitrogen and oxygen atoms in total. The van der Waals surface area contributed by atoms with Crippen molar-refractivity contribution < 1.29 is 28.6 Å². The fourth-order valence-electron chi connectivity index (χ4n) is 1.98. The normalized spacial score (nSPS) is 13.9. The lowest BCUT2D eigenvalue weighted by atomic mass is 9.85. The Bertz CT molecular complexity index is 617. The predicted molar refractivity (Wildman–Crippen MR) is 87.8 cm³/mol. The van der Waals surface area contributed by atoms with E-state index in [1.165, 1.54) is 0 Å². The summed E-state index contributed by atoms with van der Waals surface area (Å²) in [6, 6.07) is 1.99. The Hall–Kier alpha value is -2.06. The van der Waals surface area contributed by atoms with Crippen molar-refractivity contribution >= 4 is 11.8 Å². The van der Waals surface area contributed by atoms with Crippen LogP contribution in [0.5, 0.6) is 0 Å². The van der Waals surface area contributed by atoms with Gasteiger partial charge in [-0.3, -0.25) is 9.59 Å². The average Bonchev–Trinajstić information content (AvgIpc) is 2.53. The quantitative estimate of drug-likeness (QED) is 0.584. The van der Waals surface area contributed by atoms with Gasteiger partial charge in [0.2, 0.25) is 5.91 Å². The molecule has 4 N–H and O–H groups in total. The molecule has 140 valence electrons. The van der Waals surface area contributed by atoms with E-state index in [4.69, 9.17) is 0 Å². The minimum atomic E-state index is -1.16. The van der Waals surface area contributed by atoms with Crippen LogP contribution in [-0.4, -0.2) is 47.3 Å². The number of carbonyl (C=O) groups is 2. The first kappa shape index (κ1) is 21.0. The van der Waals surface area contributed by atoms with Crippen molar-refractivity contribution in [2.24, 2.45) is 5.41 Å². The van der Waals surface area contributed by atoms with Crippen LogP contribution in [0, 0.1) is 17.0 Å². The lowest BCUT2D eigenvalue weighted by molar-refractivity contribution is -0.121. The second-order valence-electron chi connectivity index (χ2n) is 6.88. The minimum Gasteiger partial charge on any atom is -0.394 e. The summed E-state index contributed by atoms with van der Waals surface area (Å²) in [4.78, 5) is 23.7. The van der Waals surface area contributed by atoms with E-state index in [2.05, 4.69) is 10.6 Å². The topological polar surface area (TPSA) is 98.7 Å². The molecule has 0 radical (unpaired) electrons. The van der Waals surface area contributed by atoms with Crippen LogP contribution in [-0.2, 0) is 4.79 Å². The number of halogens is 2. The maximum absolute atomic E-state index is 13.1. The van der Waals surface area contributed by atoms with E-state index in [9.17, 15) is 28.6 Å². The summed E-state index contributed by atoms with van der Waals surface area (Å²) >= 11 is 0. The van der Waals surface area contributed by atoms with Crippen molar-refractivity contribution in [3.05, 3.63) is 35.4 Å². The van der Waals surface area contributed by atoms with E-state index in [0.29, 0.717) is 0 Å². The Morgan fingerprint density at radius 3 is 2.36 bits per heavy atom. The standard InChI is InChI=1S/C17H24F2N2O4/c1-17(2,3)14(23)7-11(9-22)21-15(24)8-20-16(25)10-4-5-12(18)13(19)6-10/h4-6,11,14,22-23H,7-9H2,1-3H3,(H,20,25)(H,21,24)/t11-,14-/m0/s1. The van der Waals surface area contributed by atoms with Gasteiger partial charge in [0.15, 0.2) is 11.6 Å². The second-order valence-corrected chi connectivity index (χ2v) is 6.88. The molecule has 0 aliphatic heterocycles. The number of benzene rings is 1. The van der Waals surface area contributed by atoms with Crippen LogP contribution in [0.1, 0.15) is 37.6 Å². The summed E-state index contributed by atoms with van der Waals surface area (Å²) in [7, 11) is 0. The zero-order valence-corrected chi connectivity index (χ0v) is 14.5. The van der Waals surface area contributed by atoms with Gasteiger partial charge in [-0.1, -0.05) is 20.8 Å². The van der Waals surface area contributed by atoms with Crippen LogP contribution >= 0.6 is 0 Å². The van der Waals surface area contributed by atoms with Crippen molar-refractivity contribution in [1.29, 1.82) is 0 Å². The van der Waals surface area contributed by atoms with E-state index in [1.807, 2.05) is 20.8 Å². The summed E-state index contributed by atoms with van der Waals surface area (Å²) in [6.45, 7) is 4.72. The van der Waals surface area contributed by atoms with Gasteiger partial charge in [-0.2, -0.15) is 0 Å². The van der Waals surface area contributed by atoms with Crippen LogP contribution in [0.25, 0.3) is 0 Å². The number of hydrogen-bond donors (Lipinski definition) is 4. The predicted octanol–water partition coefficient (Wildman–Crippen LogP) is 0.969. The number of nitrogens with one attached hydrogen (secondary N) is 2. The Morgan fingerprint density at radius 2 is 1.84 bits per heavy atom. The summed E-state index contributed by atoms with van der Waals surface area (Å²) in [5, 5.41) is 24.1. The molecule has 0 aliphatic carbocycles. The molecular formula is C17H24F2N2O4. The van der Waals surface area contributed by atoms with Crippen molar-refractivity contribution in [2.75, 3.05) is 13.2 Å². The van der Waals surface area contributed by atoms with Gasteiger partial charge in [0.1, 0.15) is 0 Å². The fourth-order valence-corrected chi connectivity index (χ4v) is 1.98. The highest BCUT2D eigenvalue weighted by molar-refractivity contribution is 5.96. The van der Waals surface area contributed by atoms with Crippen molar-refractivity contribution in [3.8, 4) is 0 Å². The lowest BCUT2D eigenvalue weighted by Crippen LogP contribution is -2.46. The summed E-state index contributed by atoms with van der Waals surface area (Å²) in [5.74, 6) is -3.54. The van der Waals surface area contributed by atoms with Crippen molar-refractivity contribution in [1.82, 2.24) is 10.6 Å². The maximum atomic E-state index is 13.1. The molecule has 2 amide bonds. The van der Waals surface area contributed by atoms with Gasteiger partial charge in [-0.25, -0.2) is 8.78 Å². The first-order valence-electron chi connectivity index (χ1n) is 7.86. The molecule has 2 atom stereocenters. The summed E-state index contributed by atoms with van der Waals surface area (Å²) in [6.07, 6.45) is -0.579. The smallest absolute Gasteiger partial charge is 0.251 e. The van der Waals surface area contributed by atoms with E-state index in [0.717, 1.165) is 18.2 Å². The molecule has 8 heteroatoms. The Kier molecular flexibility index (Phi) is 7.44. The number of rotatable bonds is 7. The maximum Gasteiger partial charge on any atom is 0.251 e. The van der Waals surface area contributed by atoms with Crippen LogP contribution < -0.4 is 10.6 Å². The number of amides is 2.